The minimum atomic E-state index is 0.671. The van der Waals surface area contributed by atoms with Gasteiger partial charge >= 0.3 is 0 Å². The van der Waals surface area contributed by atoms with Crippen LogP contribution in [0.4, 0.5) is 5.82 Å². The van der Waals surface area contributed by atoms with Crippen LogP contribution in [0.25, 0.3) is 0 Å². The third-order valence-corrected chi connectivity index (χ3v) is 1.46. The van der Waals surface area contributed by atoms with E-state index in [0.717, 1.165) is 18.4 Å². The number of nitrogen functional groups attached to an aromatic ring is 1. The Hall–Kier alpha value is -0.990. The molecule has 0 fully saturated rings. The molecule has 0 saturated heterocycles. The lowest BCUT2D eigenvalue weighted by Gasteiger charge is -1.90. The molecule has 2 N–H and O–H groups in total. The SMILES string of the molecule is CCCc1cn(C)nc1N. The third kappa shape index (κ3) is 1.29. The Morgan fingerprint density at radius 3 is 2.80 bits per heavy atom. The van der Waals surface area contributed by atoms with Gasteiger partial charge in [0.15, 0.2) is 0 Å². The summed E-state index contributed by atoms with van der Waals surface area (Å²) < 4.78 is 1.75. The minimum absolute atomic E-state index is 0.671. The van der Waals surface area contributed by atoms with Crippen molar-refractivity contribution in [2.24, 2.45) is 7.05 Å². The molecule has 0 amide bonds. The number of hydrogen-bond donors (Lipinski definition) is 1. The van der Waals surface area contributed by atoms with E-state index in [4.69, 9.17) is 5.73 Å². The molecule has 0 saturated carbocycles. The highest BCUT2D eigenvalue weighted by Gasteiger charge is 2.00. The second-order valence-corrected chi connectivity index (χ2v) is 2.46. The van der Waals surface area contributed by atoms with Crippen LogP contribution in [-0.4, -0.2) is 9.78 Å². The number of aromatic nitrogens is 2. The minimum Gasteiger partial charge on any atom is -0.382 e. The Balaban J connectivity index is 2.81. The molecule has 0 aliphatic carbocycles. The van der Waals surface area contributed by atoms with Crippen molar-refractivity contribution in [2.45, 2.75) is 19.8 Å². The molecule has 3 heteroatoms. The van der Waals surface area contributed by atoms with Crippen LogP contribution >= 0.6 is 0 Å². The molecule has 1 heterocycles. The summed E-state index contributed by atoms with van der Waals surface area (Å²) in [6, 6.07) is 0. The molecule has 3 nitrogen and oxygen atoms in total. The van der Waals surface area contributed by atoms with Gasteiger partial charge in [0.25, 0.3) is 0 Å². The molecule has 1 rings (SSSR count). The molecule has 0 atom stereocenters. The first-order chi connectivity index (χ1) is 4.74. The van der Waals surface area contributed by atoms with Crippen LogP contribution in [0.15, 0.2) is 6.20 Å². The second kappa shape index (κ2) is 2.73. The fraction of sp³-hybridized carbons (Fsp3) is 0.571. The molecule has 0 aliphatic heterocycles. The maximum absolute atomic E-state index is 5.60. The fourth-order valence-electron chi connectivity index (χ4n) is 1.02. The van der Waals surface area contributed by atoms with E-state index in [0.29, 0.717) is 5.82 Å². The number of nitrogens with zero attached hydrogens (tertiary/aromatic N) is 2. The highest BCUT2D eigenvalue weighted by atomic mass is 15.3. The molecule has 0 unspecified atom stereocenters. The molecule has 0 aromatic carbocycles. The van der Waals surface area contributed by atoms with E-state index >= 15 is 0 Å². The first kappa shape index (κ1) is 7.12. The number of hydrogen-bond acceptors (Lipinski definition) is 2. The second-order valence-electron chi connectivity index (χ2n) is 2.46. The van der Waals surface area contributed by atoms with Gasteiger partial charge in [-0.05, 0) is 6.42 Å². The van der Waals surface area contributed by atoms with Gasteiger partial charge in [-0.1, -0.05) is 13.3 Å². The largest absolute Gasteiger partial charge is 0.382 e. The summed E-state index contributed by atoms with van der Waals surface area (Å²) in [6.45, 7) is 2.13. The maximum atomic E-state index is 5.60. The van der Waals surface area contributed by atoms with E-state index in [1.54, 1.807) is 4.68 Å². The van der Waals surface area contributed by atoms with Crippen molar-refractivity contribution in [1.29, 1.82) is 0 Å². The average Bonchev–Trinajstić information content (AvgIpc) is 2.13. The Morgan fingerprint density at radius 2 is 2.40 bits per heavy atom. The molecule has 0 radical (unpaired) electrons. The number of nitrogens with two attached hydrogens (primary N) is 1. The summed E-state index contributed by atoms with van der Waals surface area (Å²) in [4.78, 5) is 0. The van der Waals surface area contributed by atoms with Crippen molar-refractivity contribution in [2.75, 3.05) is 5.73 Å². The lowest BCUT2D eigenvalue weighted by atomic mass is 10.2. The van der Waals surface area contributed by atoms with Crippen molar-refractivity contribution in [3.8, 4) is 0 Å². The summed E-state index contributed by atoms with van der Waals surface area (Å²) >= 11 is 0. The standard InChI is InChI=1S/C7H13N3/c1-3-4-6-5-10(2)9-7(6)8/h5H,3-4H2,1-2H3,(H2,8,9). The van der Waals surface area contributed by atoms with Gasteiger partial charge in [-0.15, -0.1) is 0 Å². The summed E-state index contributed by atoms with van der Waals surface area (Å²) in [7, 11) is 1.88. The van der Waals surface area contributed by atoms with E-state index in [2.05, 4.69) is 12.0 Å². The van der Waals surface area contributed by atoms with E-state index < -0.39 is 0 Å². The van der Waals surface area contributed by atoms with Crippen LogP contribution in [0.5, 0.6) is 0 Å². The number of aryl methyl sites for hydroxylation is 2. The van der Waals surface area contributed by atoms with Gasteiger partial charge in [-0.25, -0.2) is 0 Å². The molecule has 0 spiro atoms. The Labute approximate surface area is 60.8 Å². The highest BCUT2D eigenvalue weighted by Crippen LogP contribution is 2.09. The summed E-state index contributed by atoms with van der Waals surface area (Å²) in [5.41, 5.74) is 6.75. The topological polar surface area (TPSA) is 43.8 Å². The molecule has 1 aromatic rings. The molecule has 56 valence electrons. The highest BCUT2D eigenvalue weighted by molar-refractivity contribution is 5.37. The first-order valence-electron chi connectivity index (χ1n) is 3.52. The zero-order valence-electron chi connectivity index (χ0n) is 6.46. The van der Waals surface area contributed by atoms with Crippen molar-refractivity contribution >= 4 is 5.82 Å². The van der Waals surface area contributed by atoms with Gasteiger partial charge in [0.05, 0.1) is 0 Å². The first-order valence-corrected chi connectivity index (χ1v) is 3.52. The van der Waals surface area contributed by atoms with Crippen LogP contribution < -0.4 is 5.73 Å². The molecule has 0 bridgehead atoms. The van der Waals surface area contributed by atoms with Crippen molar-refractivity contribution in [1.82, 2.24) is 9.78 Å². The summed E-state index contributed by atoms with van der Waals surface area (Å²) in [5.74, 6) is 0.671. The van der Waals surface area contributed by atoms with Gasteiger partial charge in [-0.3, -0.25) is 4.68 Å². The monoisotopic (exact) mass is 139 g/mol. The van der Waals surface area contributed by atoms with Crippen LogP contribution in [0.1, 0.15) is 18.9 Å². The zero-order chi connectivity index (χ0) is 7.56. The van der Waals surface area contributed by atoms with Crippen LogP contribution in [-0.2, 0) is 13.5 Å². The quantitative estimate of drug-likeness (QED) is 0.663. The van der Waals surface area contributed by atoms with Crippen molar-refractivity contribution in [3.05, 3.63) is 11.8 Å². The Morgan fingerprint density at radius 1 is 1.70 bits per heavy atom. The van der Waals surface area contributed by atoms with E-state index in [9.17, 15) is 0 Å². The van der Waals surface area contributed by atoms with Crippen LogP contribution in [0.2, 0.25) is 0 Å². The zero-order valence-corrected chi connectivity index (χ0v) is 6.46. The van der Waals surface area contributed by atoms with Crippen LogP contribution in [0, 0.1) is 0 Å². The molecule has 1 aromatic heterocycles. The molecule has 0 aliphatic rings. The molecular formula is C7H13N3. The third-order valence-electron chi connectivity index (χ3n) is 1.46. The predicted octanol–water partition coefficient (Wildman–Crippen LogP) is 0.955. The van der Waals surface area contributed by atoms with Gasteiger partial charge in [-0.2, -0.15) is 5.10 Å². The van der Waals surface area contributed by atoms with E-state index in [-0.39, 0.29) is 0 Å². The van der Waals surface area contributed by atoms with E-state index in [1.165, 1.54) is 0 Å². The Bertz CT molecular complexity index is 215. The van der Waals surface area contributed by atoms with Crippen molar-refractivity contribution in [3.63, 3.8) is 0 Å². The molecule has 10 heavy (non-hydrogen) atoms. The van der Waals surface area contributed by atoms with Gasteiger partial charge in [0, 0.05) is 18.8 Å². The normalized spacial score (nSPS) is 10.2. The van der Waals surface area contributed by atoms with Gasteiger partial charge < -0.3 is 5.73 Å². The number of anilines is 1. The van der Waals surface area contributed by atoms with Crippen molar-refractivity contribution < 1.29 is 0 Å². The Kier molecular flexibility index (Phi) is 1.94. The number of rotatable bonds is 2. The van der Waals surface area contributed by atoms with E-state index in [1.807, 2.05) is 13.2 Å². The lowest BCUT2D eigenvalue weighted by Crippen LogP contribution is -1.91. The van der Waals surface area contributed by atoms with Gasteiger partial charge in [0.1, 0.15) is 5.82 Å². The predicted molar refractivity (Wildman–Crippen MR) is 41.6 cm³/mol. The lowest BCUT2D eigenvalue weighted by molar-refractivity contribution is 0.770. The average molecular weight is 139 g/mol. The smallest absolute Gasteiger partial charge is 0.148 e. The fourth-order valence-corrected chi connectivity index (χ4v) is 1.02. The van der Waals surface area contributed by atoms with Gasteiger partial charge in [0.2, 0.25) is 0 Å². The summed E-state index contributed by atoms with van der Waals surface area (Å²) in [6.07, 6.45) is 4.12. The summed E-state index contributed by atoms with van der Waals surface area (Å²) in [5, 5.41) is 4.02. The van der Waals surface area contributed by atoms with Crippen LogP contribution in [0.3, 0.4) is 0 Å². The maximum Gasteiger partial charge on any atom is 0.148 e. The molecular weight excluding hydrogens is 126 g/mol.